The highest BCUT2D eigenvalue weighted by Crippen LogP contribution is 2.30. The summed E-state index contributed by atoms with van der Waals surface area (Å²) in [7, 11) is 0. The Kier molecular flexibility index (Phi) is 7.35. The third-order valence-electron chi connectivity index (χ3n) is 5.50. The Balaban J connectivity index is 1.58. The van der Waals surface area contributed by atoms with Crippen molar-refractivity contribution in [3.05, 3.63) is 77.7 Å². The second-order valence-corrected chi connectivity index (χ2v) is 9.60. The summed E-state index contributed by atoms with van der Waals surface area (Å²) in [5.41, 5.74) is 2.02. The molecule has 2 aromatic carbocycles. The van der Waals surface area contributed by atoms with Crippen molar-refractivity contribution in [2.24, 2.45) is 5.92 Å². The highest BCUT2D eigenvalue weighted by atomic mass is 32.1. The Labute approximate surface area is 199 Å². The molecule has 0 aliphatic heterocycles. The van der Waals surface area contributed by atoms with Gasteiger partial charge in [-0.05, 0) is 42.0 Å². The molecule has 0 fully saturated rings. The molecule has 0 bridgehead atoms. The third-order valence-corrected chi connectivity index (χ3v) is 6.36. The molecule has 5 nitrogen and oxygen atoms in total. The monoisotopic (exact) mass is 458 g/mol. The number of hydrogen-bond acceptors (Lipinski definition) is 5. The molecule has 0 aliphatic carbocycles. The maximum Gasteiger partial charge on any atom is 0.222 e. The molecule has 0 spiro atoms. The molecule has 6 heteroatoms. The number of thiophene rings is 1. The van der Waals surface area contributed by atoms with Gasteiger partial charge in [0.25, 0.3) is 0 Å². The van der Waals surface area contributed by atoms with E-state index in [4.69, 9.17) is 9.97 Å². The fourth-order valence-corrected chi connectivity index (χ4v) is 4.57. The van der Waals surface area contributed by atoms with Crippen molar-refractivity contribution in [1.29, 1.82) is 0 Å². The number of carbonyl (C=O) groups excluding carboxylic acids is 1. The van der Waals surface area contributed by atoms with E-state index in [2.05, 4.69) is 30.1 Å². The number of carbonyl (C=O) groups is 1. The number of anilines is 1. The molecule has 0 saturated heterocycles. The summed E-state index contributed by atoms with van der Waals surface area (Å²) in [6.07, 6.45) is 0.399. The van der Waals surface area contributed by atoms with E-state index < -0.39 is 0 Å². The fraction of sp³-hybridized carbons (Fsp3) is 0.296. The van der Waals surface area contributed by atoms with Crippen molar-refractivity contribution in [2.75, 3.05) is 18.0 Å². The molecule has 0 saturated carbocycles. The zero-order valence-corrected chi connectivity index (χ0v) is 20.2. The number of benzene rings is 2. The third kappa shape index (κ3) is 5.76. The first-order chi connectivity index (χ1) is 16.0. The van der Waals surface area contributed by atoms with Crippen LogP contribution in [-0.4, -0.2) is 29.0 Å². The van der Waals surface area contributed by atoms with Crippen LogP contribution in [0, 0.1) is 5.92 Å². The zero-order valence-electron chi connectivity index (χ0n) is 19.4. The van der Waals surface area contributed by atoms with E-state index in [-0.39, 0.29) is 11.9 Å². The molecule has 2 heterocycles. The van der Waals surface area contributed by atoms with E-state index in [0.717, 1.165) is 39.5 Å². The summed E-state index contributed by atoms with van der Waals surface area (Å²) in [5, 5.41) is 6.18. The van der Waals surface area contributed by atoms with Crippen LogP contribution in [0.4, 0.5) is 5.82 Å². The minimum Gasteiger partial charge on any atom is -0.355 e. The smallest absolute Gasteiger partial charge is 0.222 e. The van der Waals surface area contributed by atoms with Gasteiger partial charge in [0.05, 0.1) is 16.4 Å². The van der Waals surface area contributed by atoms with Crippen LogP contribution in [0.5, 0.6) is 0 Å². The average molecular weight is 459 g/mol. The van der Waals surface area contributed by atoms with Crippen LogP contribution in [0.25, 0.3) is 21.6 Å². The molecule has 2 aromatic heterocycles. The van der Waals surface area contributed by atoms with Gasteiger partial charge in [0, 0.05) is 24.9 Å². The lowest BCUT2D eigenvalue weighted by Gasteiger charge is -2.27. The van der Waals surface area contributed by atoms with Gasteiger partial charge in [0.1, 0.15) is 5.82 Å². The summed E-state index contributed by atoms with van der Waals surface area (Å²) >= 11 is 1.63. The second-order valence-electron chi connectivity index (χ2n) is 8.66. The predicted molar refractivity (Wildman–Crippen MR) is 138 cm³/mol. The summed E-state index contributed by atoms with van der Waals surface area (Å²) in [4.78, 5) is 25.9. The Bertz CT molecular complexity index is 1190. The van der Waals surface area contributed by atoms with Gasteiger partial charge in [-0.25, -0.2) is 9.97 Å². The SMILES string of the molecule is CC(C)CN(CCC(=O)N[C@@H](C)c1ccccc1)c1nc(-c2cccs2)nc2ccccc12. The number of fused-ring (bicyclic) bond motifs is 1. The van der Waals surface area contributed by atoms with Gasteiger partial charge in [-0.2, -0.15) is 0 Å². The van der Waals surface area contributed by atoms with Crippen LogP contribution >= 0.6 is 11.3 Å². The first-order valence-electron chi connectivity index (χ1n) is 11.4. The van der Waals surface area contributed by atoms with Crippen molar-refractivity contribution in [3.63, 3.8) is 0 Å². The standard InChI is InChI=1S/C27H30N4OS/c1-19(2)18-31(16-15-25(32)28-20(3)21-10-5-4-6-11-21)27-22-12-7-8-13-23(22)29-26(30-27)24-14-9-17-33-24/h4-14,17,19-20H,15-16,18H2,1-3H3,(H,28,32)/t20-/m0/s1. The largest absolute Gasteiger partial charge is 0.355 e. The molecule has 33 heavy (non-hydrogen) atoms. The van der Waals surface area contributed by atoms with Gasteiger partial charge in [-0.15, -0.1) is 11.3 Å². The molecule has 0 unspecified atom stereocenters. The van der Waals surface area contributed by atoms with Crippen molar-refractivity contribution in [1.82, 2.24) is 15.3 Å². The second kappa shape index (κ2) is 10.6. The van der Waals surface area contributed by atoms with Crippen molar-refractivity contribution in [3.8, 4) is 10.7 Å². The lowest BCUT2D eigenvalue weighted by atomic mass is 10.1. The topological polar surface area (TPSA) is 58.1 Å². The number of rotatable bonds is 9. The van der Waals surface area contributed by atoms with Crippen molar-refractivity contribution >= 4 is 34.0 Å². The van der Waals surface area contributed by atoms with E-state index in [9.17, 15) is 4.79 Å². The molecule has 4 rings (SSSR count). The van der Waals surface area contributed by atoms with Crippen LogP contribution in [-0.2, 0) is 4.79 Å². The molecule has 0 radical (unpaired) electrons. The fourth-order valence-electron chi connectivity index (χ4n) is 3.92. The van der Waals surface area contributed by atoms with Crippen LogP contribution in [0.15, 0.2) is 72.1 Å². The number of nitrogens with one attached hydrogen (secondary N) is 1. The lowest BCUT2D eigenvalue weighted by Crippen LogP contribution is -2.34. The molecule has 1 N–H and O–H groups in total. The van der Waals surface area contributed by atoms with Crippen LogP contribution in [0.2, 0.25) is 0 Å². The molecular weight excluding hydrogens is 428 g/mol. The van der Waals surface area contributed by atoms with Gasteiger partial charge in [-0.3, -0.25) is 4.79 Å². The first-order valence-corrected chi connectivity index (χ1v) is 12.3. The highest BCUT2D eigenvalue weighted by molar-refractivity contribution is 7.13. The van der Waals surface area contributed by atoms with E-state index in [1.54, 1.807) is 11.3 Å². The lowest BCUT2D eigenvalue weighted by molar-refractivity contribution is -0.121. The highest BCUT2D eigenvalue weighted by Gasteiger charge is 2.19. The Morgan fingerprint density at radius 3 is 2.45 bits per heavy atom. The summed E-state index contributed by atoms with van der Waals surface area (Å²) in [5.74, 6) is 2.09. The van der Waals surface area contributed by atoms with Gasteiger partial charge in [0.15, 0.2) is 5.82 Å². The maximum atomic E-state index is 12.8. The number of nitrogens with zero attached hydrogens (tertiary/aromatic N) is 3. The number of amides is 1. The Morgan fingerprint density at radius 2 is 1.73 bits per heavy atom. The van der Waals surface area contributed by atoms with E-state index in [0.29, 0.717) is 18.9 Å². The van der Waals surface area contributed by atoms with Crippen LogP contribution in [0.3, 0.4) is 0 Å². The van der Waals surface area contributed by atoms with E-state index >= 15 is 0 Å². The summed E-state index contributed by atoms with van der Waals surface area (Å²) < 4.78 is 0. The van der Waals surface area contributed by atoms with Gasteiger partial charge < -0.3 is 10.2 Å². The maximum absolute atomic E-state index is 12.8. The van der Waals surface area contributed by atoms with E-state index in [1.165, 1.54) is 0 Å². The van der Waals surface area contributed by atoms with E-state index in [1.807, 2.05) is 73.0 Å². The zero-order chi connectivity index (χ0) is 23.2. The minimum absolute atomic E-state index is 0.0254. The predicted octanol–water partition coefficient (Wildman–Crippen LogP) is 6.09. The average Bonchev–Trinajstić information content (AvgIpc) is 3.36. The number of hydrogen-bond donors (Lipinski definition) is 1. The van der Waals surface area contributed by atoms with Crippen molar-refractivity contribution in [2.45, 2.75) is 33.2 Å². The van der Waals surface area contributed by atoms with Gasteiger partial charge >= 0.3 is 0 Å². The van der Waals surface area contributed by atoms with Crippen LogP contribution in [0.1, 0.15) is 38.8 Å². The molecule has 4 aromatic rings. The molecule has 1 amide bonds. The van der Waals surface area contributed by atoms with Crippen molar-refractivity contribution < 1.29 is 4.79 Å². The Hall–Kier alpha value is -3.25. The molecule has 0 aliphatic rings. The summed E-state index contributed by atoms with van der Waals surface area (Å²) in [6, 6.07) is 22.2. The minimum atomic E-state index is -0.0254. The quantitative estimate of drug-likeness (QED) is 0.330. The molecule has 170 valence electrons. The molecular formula is C27H30N4OS. The Morgan fingerprint density at radius 1 is 0.970 bits per heavy atom. The summed E-state index contributed by atoms with van der Waals surface area (Å²) in [6.45, 7) is 7.80. The molecule has 1 atom stereocenters. The van der Waals surface area contributed by atoms with Gasteiger partial charge in [-0.1, -0.05) is 62.4 Å². The normalized spacial score (nSPS) is 12.1. The van der Waals surface area contributed by atoms with Gasteiger partial charge in [0.2, 0.25) is 5.91 Å². The number of para-hydroxylation sites is 1. The first kappa shape index (κ1) is 22.9. The van der Waals surface area contributed by atoms with Crippen LogP contribution < -0.4 is 10.2 Å². The number of aromatic nitrogens is 2.